The van der Waals surface area contributed by atoms with E-state index in [2.05, 4.69) is 10.1 Å². The molecular formula is C12H7ClN4OS. The number of ether oxygens (including phenoxy) is 1. The average Bonchev–Trinajstić information content (AvgIpc) is 2.88. The van der Waals surface area contributed by atoms with Crippen LogP contribution in [0, 0.1) is 18.3 Å². The van der Waals surface area contributed by atoms with Crippen molar-refractivity contribution in [2.45, 2.75) is 6.92 Å². The van der Waals surface area contributed by atoms with Crippen molar-refractivity contribution >= 4 is 27.9 Å². The number of hydrogen-bond acceptors (Lipinski definition) is 5. The molecule has 0 spiro atoms. The summed E-state index contributed by atoms with van der Waals surface area (Å²) in [6, 6.07) is 6.86. The number of hydrogen-bond donors (Lipinski definition) is 0. The maximum Gasteiger partial charge on any atom is 0.299 e. The Morgan fingerprint density at radius 2 is 2.32 bits per heavy atom. The van der Waals surface area contributed by atoms with Crippen molar-refractivity contribution in [2.75, 3.05) is 0 Å². The van der Waals surface area contributed by atoms with Crippen LogP contribution >= 0.6 is 22.9 Å². The zero-order valence-corrected chi connectivity index (χ0v) is 11.4. The van der Waals surface area contributed by atoms with Crippen LogP contribution in [0.3, 0.4) is 0 Å². The van der Waals surface area contributed by atoms with Crippen molar-refractivity contribution in [3.8, 4) is 17.0 Å². The molecule has 0 atom stereocenters. The van der Waals surface area contributed by atoms with E-state index in [4.69, 9.17) is 21.6 Å². The van der Waals surface area contributed by atoms with Crippen molar-refractivity contribution in [3.05, 3.63) is 40.7 Å². The Morgan fingerprint density at radius 1 is 1.47 bits per heavy atom. The molecule has 0 radical (unpaired) electrons. The zero-order valence-electron chi connectivity index (χ0n) is 9.79. The largest absolute Gasteiger partial charge is 0.428 e. The molecule has 0 saturated heterocycles. The number of aryl methyl sites for hydroxylation is 1. The van der Waals surface area contributed by atoms with Crippen molar-refractivity contribution in [3.63, 3.8) is 0 Å². The first-order chi connectivity index (χ1) is 9.15. The Morgan fingerprint density at radius 3 is 3.00 bits per heavy atom. The monoisotopic (exact) mass is 290 g/mol. The van der Waals surface area contributed by atoms with Gasteiger partial charge in [-0.05, 0) is 36.5 Å². The molecule has 0 aliphatic rings. The Bertz CT molecular complexity index is 770. The summed E-state index contributed by atoms with van der Waals surface area (Å²) < 4.78 is 7.26. The SMILES string of the molecule is Cc1cn2nc(Oc3ccc(C#N)cc3Cl)sc2n1. The first-order valence-corrected chi connectivity index (χ1v) is 6.55. The predicted octanol–water partition coefficient (Wildman–Crippen LogP) is 3.42. The first kappa shape index (κ1) is 12.0. The molecule has 2 heterocycles. The lowest BCUT2D eigenvalue weighted by Crippen LogP contribution is -1.87. The van der Waals surface area contributed by atoms with Crippen LogP contribution in [0.1, 0.15) is 11.3 Å². The minimum Gasteiger partial charge on any atom is -0.428 e. The summed E-state index contributed by atoms with van der Waals surface area (Å²) in [5, 5.41) is 13.8. The molecule has 0 bridgehead atoms. The molecule has 0 aliphatic heterocycles. The fourth-order valence-electron chi connectivity index (χ4n) is 1.58. The molecule has 0 saturated carbocycles. The highest BCUT2D eigenvalue weighted by Crippen LogP contribution is 2.32. The number of nitriles is 1. The van der Waals surface area contributed by atoms with Gasteiger partial charge in [-0.25, -0.2) is 9.50 Å². The Labute approximate surface area is 117 Å². The van der Waals surface area contributed by atoms with Crippen molar-refractivity contribution < 1.29 is 4.74 Å². The van der Waals surface area contributed by atoms with Gasteiger partial charge in [0.2, 0.25) is 4.96 Å². The van der Waals surface area contributed by atoms with Crippen molar-refractivity contribution in [1.29, 1.82) is 5.26 Å². The van der Waals surface area contributed by atoms with Gasteiger partial charge in [-0.2, -0.15) is 5.26 Å². The van der Waals surface area contributed by atoms with Gasteiger partial charge in [0.1, 0.15) is 5.75 Å². The van der Waals surface area contributed by atoms with Gasteiger partial charge >= 0.3 is 0 Å². The fraction of sp³-hybridized carbons (Fsp3) is 0.0833. The van der Waals surface area contributed by atoms with E-state index in [0.717, 1.165) is 10.7 Å². The van der Waals surface area contributed by atoms with E-state index in [0.29, 0.717) is 21.5 Å². The minimum atomic E-state index is 0.378. The highest BCUT2D eigenvalue weighted by atomic mass is 35.5. The van der Waals surface area contributed by atoms with Crippen LogP contribution in [-0.2, 0) is 0 Å². The highest BCUT2D eigenvalue weighted by Gasteiger charge is 2.10. The first-order valence-electron chi connectivity index (χ1n) is 5.36. The number of benzene rings is 1. The van der Waals surface area contributed by atoms with Crippen LogP contribution in [0.4, 0.5) is 0 Å². The topological polar surface area (TPSA) is 63.2 Å². The molecule has 1 aromatic carbocycles. The molecule has 3 aromatic rings. The molecule has 3 rings (SSSR count). The molecule has 5 nitrogen and oxygen atoms in total. The maximum atomic E-state index is 8.76. The lowest BCUT2D eigenvalue weighted by molar-refractivity contribution is 0.470. The minimum absolute atomic E-state index is 0.378. The van der Waals surface area contributed by atoms with E-state index < -0.39 is 0 Å². The zero-order chi connectivity index (χ0) is 13.4. The van der Waals surface area contributed by atoms with Gasteiger partial charge in [-0.15, -0.1) is 5.10 Å². The summed E-state index contributed by atoms with van der Waals surface area (Å²) in [6.45, 7) is 1.90. The van der Waals surface area contributed by atoms with Gasteiger partial charge in [0, 0.05) is 0 Å². The predicted molar refractivity (Wildman–Crippen MR) is 71.8 cm³/mol. The molecular weight excluding hydrogens is 284 g/mol. The van der Waals surface area contributed by atoms with Gasteiger partial charge in [-0.1, -0.05) is 11.6 Å². The van der Waals surface area contributed by atoms with Crippen LogP contribution in [0.5, 0.6) is 10.9 Å². The van der Waals surface area contributed by atoms with E-state index in [1.165, 1.54) is 11.3 Å². The van der Waals surface area contributed by atoms with Crippen LogP contribution in [0.25, 0.3) is 4.96 Å². The summed E-state index contributed by atoms with van der Waals surface area (Å²) in [6.07, 6.45) is 1.82. The summed E-state index contributed by atoms with van der Waals surface area (Å²) in [5.41, 5.74) is 1.39. The van der Waals surface area contributed by atoms with Gasteiger partial charge in [0.25, 0.3) is 5.19 Å². The van der Waals surface area contributed by atoms with Crippen LogP contribution in [-0.4, -0.2) is 14.6 Å². The van der Waals surface area contributed by atoms with Crippen LogP contribution in [0.15, 0.2) is 24.4 Å². The summed E-state index contributed by atoms with van der Waals surface area (Å²) >= 11 is 7.36. The molecule has 7 heteroatoms. The number of imidazole rings is 1. The molecule has 2 aromatic heterocycles. The average molecular weight is 291 g/mol. The van der Waals surface area contributed by atoms with Gasteiger partial charge < -0.3 is 4.74 Å². The Kier molecular flexibility index (Phi) is 2.85. The number of rotatable bonds is 2. The van der Waals surface area contributed by atoms with E-state index in [1.807, 2.05) is 19.2 Å². The van der Waals surface area contributed by atoms with Crippen LogP contribution in [0.2, 0.25) is 5.02 Å². The molecule has 0 aliphatic carbocycles. The summed E-state index contributed by atoms with van der Waals surface area (Å²) in [5.74, 6) is 0.467. The smallest absolute Gasteiger partial charge is 0.299 e. The molecule has 0 unspecified atom stereocenters. The molecule has 19 heavy (non-hydrogen) atoms. The highest BCUT2D eigenvalue weighted by molar-refractivity contribution is 7.18. The van der Waals surface area contributed by atoms with E-state index >= 15 is 0 Å². The normalized spacial score (nSPS) is 10.6. The standard InChI is InChI=1S/C12H7ClN4OS/c1-7-6-17-11(15-7)19-12(16-17)18-10-3-2-8(5-14)4-9(10)13/h2-4,6H,1H3. The number of fused-ring (bicyclic) bond motifs is 1. The third-order valence-electron chi connectivity index (χ3n) is 2.40. The Hall–Kier alpha value is -2.10. The molecule has 94 valence electrons. The molecule has 0 fully saturated rings. The van der Waals surface area contributed by atoms with Gasteiger partial charge in [0.05, 0.1) is 28.5 Å². The van der Waals surface area contributed by atoms with E-state index in [9.17, 15) is 0 Å². The third-order valence-corrected chi connectivity index (χ3v) is 3.50. The maximum absolute atomic E-state index is 8.76. The lowest BCUT2D eigenvalue weighted by Gasteiger charge is -2.03. The van der Waals surface area contributed by atoms with Crippen molar-refractivity contribution in [1.82, 2.24) is 14.6 Å². The van der Waals surface area contributed by atoms with Gasteiger partial charge in [0.15, 0.2) is 0 Å². The molecule has 0 N–H and O–H groups in total. The fourth-order valence-corrected chi connectivity index (χ4v) is 2.59. The second kappa shape index (κ2) is 4.53. The van der Waals surface area contributed by atoms with Crippen LogP contribution < -0.4 is 4.74 Å². The number of aromatic nitrogens is 3. The summed E-state index contributed by atoms with van der Waals surface area (Å²) in [4.78, 5) is 5.05. The third kappa shape index (κ3) is 2.26. The van der Waals surface area contributed by atoms with Crippen molar-refractivity contribution in [2.24, 2.45) is 0 Å². The van der Waals surface area contributed by atoms with E-state index in [1.54, 1.807) is 22.7 Å². The van der Waals surface area contributed by atoms with Gasteiger partial charge in [-0.3, -0.25) is 0 Å². The number of nitrogens with zero attached hydrogens (tertiary/aromatic N) is 4. The lowest BCUT2D eigenvalue weighted by atomic mass is 10.2. The summed E-state index contributed by atoms with van der Waals surface area (Å²) in [7, 11) is 0. The second-order valence-electron chi connectivity index (χ2n) is 3.84. The number of halogens is 1. The quantitative estimate of drug-likeness (QED) is 0.725. The molecule has 0 amide bonds. The Balaban J connectivity index is 1.92. The van der Waals surface area contributed by atoms with E-state index in [-0.39, 0.29) is 0 Å². The second-order valence-corrected chi connectivity index (χ2v) is 5.16.